The van der Waals surface area contributed by atoms with Crippen LogP contribution in [0.15, 0.2) is 18.2 Å². The quantitative estimate of drug-likeness (QED) is 0.657. The van der Waals surface area contributed by atoms with Crippen LogP contribution in [0.3, 0.4) is 0 Å². The van der Waals surface area contributed by atoms with E-state index in [1.165, 1.54) is 12.1 Å². The molecule has 0 N–H and O–H groups in total. The Hall–Kier alpha value is -0.600. The van der Waals surface area contributed by atoms with Crippen LogP contribution < -0.4 is 0 Å². The van der Waals surface area contributed by atoms with Gasteiger partial charge in [0.05, 0.1) is 5.02 Å². The van der Waals surface area contributed by atoms with Crippen LogP contribution in [-0.4, -0.2) is 0 Å². The standard InChI is InChI=1S/C11H10ClFS/c1-6(2)11-10(12)8-4-3-7(13)5-9(8)14-11/h3-6H,1-2H3. The highest BCUT2D eigenvalue weighted by molar-refractivity contribution is 7.19. The molecular weight excluding hydrogens is 219 g/mol. The summed E-state index contributed by atoms with van der Waals surface area (Å²) in [6, 6.07) is 4.73. The van der Waals surface area contributed by atoms with Crippen molar-refractivity contribution in [2.45, 2.75) is 19.8 Å². The van der Waals surface area contributed by atoms with Crippen LogP contribution in [0.1, 0.15) is 24.6 Å². The zero-order valence-electron chi connectivity index (χ0n) is 7.97. The van der Waals surface area contributed by atoms with E-state index in [9.17, 15) is 4.39 Å². The molecule has 0 spiro atoms. The third kappa shape index (κ3) is 1.53. The van der Waals surface area contributed by atoms with Crippen molar-refractivity contribution < 1.29 is 4.39 Å². The predicted molar refractivity (Wildman–Crippen MR) is 60.9 cm³/mol. The minimum absolute atomic E-state index is 0.203. The summed E-state index contributed by atoms with van der Waals surface area (Å²) in [6.07, 6.45) is 0. The number of halogens is 2. The van der Waals surface area contributed by atoms with Gasteiger partial charge in [0.15, 0.2) is 0 Å². The van der Waals surface area contributed by atoms with Crippen LogP contribution in [0.25, 0.3) is 10.1 Å². The number of hydrogen-bond acceptors (Lipinski definition) is 1. The summed E-state index contributed by atoms with van der Waals surface area (Å²) in [4.78, 5) is 1.13. The number of rotatable bonds is 1. The Kier molecular flexibility index (Phi) is 2.50. The Morgan fingerprint density at radius 1 is 1.36 bits per heavy atom. The second kappa shape index (κ2) is 3.52. The van der Waals surface area contributed by atoms with E-state index in [1.807, 2.05) is 0 Å². The van der Waals surface area contributed by atoms with E-state index >= 15 is 0 Å². The Morgan fingerprint density at radius 3 is 2.71 bits per heavy atom. The smallest absolute Gasteiger partial charge is 0.124 e. The predicted octanol–water partition coefficient (Wildman–Crippen LogP) is 4.82. The molecule has 0 aliphatic heterocycles. The summed E-state index contributed by atoms with van der Waals surface area (Å²) in [5.74, 6) is 0.189. The fourth-order valence-electron chi connectivity index (χ4n) is 1.43. The number of thiophene rings is 1. The van der Waals surface area contributed by atoms with Gasteiger partial charge >= 0.3 is 0 Å². The largest absolute Gasteiger partial charge is 0.207 e. The second-order valence-corrected chi connectivity index (χ2v) is 5.04. The lowest BCUT2D eigenvalue weighted by molar-refractivity contribution is 0.630. The van der Waals surface area contributed by atoms with Crippen molar-refractivity contribution >= 4 is 33.0 Å². The van der Waals surface area contributed by atoms with Crippen molar-refractivity contribution in [2.24, 2.45) is 0 Å². The third-order valence-electron chi connectivity index (χ3n) is 2.14. The minimum Gasteiger partial charge on any atom is -0.207 e. The zero-order valence-corrected chi connectivity index (χ0v) is 9.55. The maximum Gasteiger partial charge on any atom is 0.124 e. The third-order valence-corrected chi connectivity index (χ3v) is 4.11. The first-order valence-electron chi connectivity index (χ1n) is 4.47. The first kappa shape index (κ1) is 9.94. The molecule has 14 heavy (non-hydrogen) atoms. The van der Waals surface area contributed by atoms with Crippen molar-refractivity contribution in [2.75, 3.05) is 0 Å². The number of fused-ring (bicyclic) bond motifs is 1. The summed E-state index contributed by atoms with van der Waals surface area (Å²) in [7, 11) is 0. The van der Waals surface area contributed by atoms with Crippen molar-refractivity contribution in [1.29, 1.82) is 0 Å². The summed E-state index contributed by atoms with van der Waals surface area (Å²) in [6.45, 7) is 4.18. The fourth-order valence-corrected chi connectivity index (χ4v) is 3.11. The molecule has 0 saturated carbocycles. The van der Waals surface area contributed by atoms with Crippen molar-refractivity contribution in [3.05, 3.63) is 33.9 Å². The second-order valence-electron chi connectivity index (χ2n) is 3.58. The molecule has 1 heterocycles. The highest BCUT2D eigenvalue weighted by Crippen LogP contribution is 2.39. The van der Waals surface area contributed by atoms with E-state index in [0.29, 0.717) is 5.92 Å². The molecule has 3 heteroatoms. The molecule has 0 atom stereocenters. The van der Waals surface area contributed by atoms with Crippen LogP contribution in [0.2, 0.25) is 5.02 Å². The highest BCUT2D eigenvalue weighted by atomic mass is 35.5. The number of benzene rings is 1. The molecule has 2 rings (SSSR count). The molecule has 2 aromatic rings. The van der Waals surface area contributed by atoms with Gasteiger partial charge < -0.3 is 0 Å². The summed E-state index contributed by atoms with van der Waals surface area (Å²) < 4.78 is 13.9. The Bertz CT molecular complexity index is 473. The molecule has 0 aliphatic carbocycles. The summed E-state index contributed by atoms with van der Waals surface area (Å²) >= 11 is 7.77. The molecule has 0 amide bonds. The summed E-state index contributed by atoms with van der Waals surface area (Å²) in [5, 5.41) is 1.74. The van der Waals surface area contributed by atoms with Gasteiger partial charge in [-0.2, -0.15) is 0 Å². The Balaban J connectivity index is 2.73. The number of hydrogen-bond donors (Lipinski definition) is 0. The molecule has 1 aromatic carbocycles. The lowest BCUT2D eigenvalue weighted by Gasteiger charge is -1.99. The van der Waals surface area contributed by atoms with E-state index in [2.05, 4.69) is 13.8 Å². The van der Waals surface area contributed by atoms with Crippen LogP contribution in [0.4, 0.5) is 4.39 Å². The molecule has 0 bridgehead atoms. The highest BCUT2D eigenvalue weighted by Gasteiger charge is 2.12. The molecule has 1 aromatic heterocycles. The van der Waals surface area contributed by atoms with E-state index in [4.69, 9.17) is 11.6 Å². The average Bonchev–Trinajstić information content (AvgIpc) is 2.43. The average molecular weight is 229 g/mol. The Morgan fingerprint density at radius 2 is 2.07 bits per heavy atom. The summed E-state index contributed by atoms with van der Waals surface area (Å²) in [5.41, 5.74) is 0. The van der Waals surface area contributed by atoms with Gasteiger partial charge in [-0.1, -0.05) is 25.4 Å². The maximum absolute atomic E-state index is 12.9. The van der Waals surface area contributed by atoms with Crippen LogP contribution in [0.5, 0.6) is 0 Å². The van der Waals surface area contributed by atoms with Gasteiger partial charge in [-0.15, -0.1) is 11.3 Å². The molecule has 0 nitrogen and oxygen atoms in total. The van der Waals surface area contributed by atoms with E-state index in [1.54, 1.807) is 17.4 Å². The van der Waals surface area contributed by atoms with Gasteiger partial charge in [0.1, 0.15) is 5.82 Å². The lowest BCUT2D eigenvalue weighted by Crippen LogP contribution is -1.80. The lowest BCUT2D eigenvalue weighted by atomic mass is 10.1. The van der Waals surface area contributed by atoms with Crippen LogP contribution in [-0.2, 0) is 0 Å². The normalized spacial score (nSPS) is 11.5. The van der Waals surface area contributed by atoms with Gasteiger partial charge in [-0.3, -0.25) is 0 Å². The molecular formula is C11H10ClFS. The van der Waals surface area contributed by atoms with Crippen LogP contribution >= 0.6 is 22.9 Å². The SMILES string of the molecule is CC(C)c1sc2cc(F)ccc2c1Cl. The first-order chi connectivity index (χ1) is 6.59. The van der Waals surface area contributed by atoms with Gasteiger partial charge in [-0.05, 0) is 24.1 Å². The zero-order chi connectivity index (χ0) is 10.3. The molecule has 0 aliphatic rings. The van der Waals surface area contributed by atoms with Crippen molar-refractivity contribution in [3.63, 3.8) is 0 Å². The van der Waals surface area contributed by atoms with E-state index in [-0.39, 0.29) is 5.82 Å². The minimum atomic E-state index is -0.203. The van der Waals surface area contributed by atoms with Crippen LogP contribution in [0, 0.1) is 5.82 Å². The topological polar surface area (TPSA) is 0 Å². The maximum atomic E-state index is 12.9. The van der Waals surface area contributed by atoms with E-state index < -0.39 is 0 Å². The molecule has 0 unspecified atom stereocenters. The monoisotopic (exact) mass is 228 g/mol. The van der Waals surface area contributed by atoms with E-state index in [0.717, 1.165) is 20.0 Å². The van der Waals surface area contributed by atoms with Crippen molar-refractivity contribution in [3.8, 4) is 0 Å². The molecule has 0 fully saturated rings. The Labute approximate surface area is 91.3 Å². The van der Waals surface area contributed by atoms with Gasteiger partial charge in [-0.25, -0.2) is 4.39 Å². The van der Waals surface area contributed by atoms with Crippen molar-refractivity contribution in [1.82, 2.24) is 0 Å². The first-order valence-corrected chi connectivity index (χ1v) is 5.66. The molecule has 0 radical (unpaired) electrons. The molecule has 74 valence electrons. The fraction of sp³-hybridized carbons (Fsp3) is 0.273. The van der Waals surface area contributed by atoms with Gasteiger partial charge in [0, 0.05) is 15.0 Å². The molecule has 0 saturated heterocycles. The van der Waals surface area contributed by atoms with Gasteiger partial charge in [0.2, 0.25) is 0 Å². The van der Waals surface area contributed by atoms with Gasteiger partial charge in [0.25, 0.3) is 0 Å².